The van der Waals surface area contributed by atoms with Crippen molar-refractivity contribution >= 4 is 22.9 Å². The number of fused-ring (bicyclic) bond motifs is 1. The number of nitrogens with zero attached hydrogens (tertiary/aromatic N) is 2. The Balaban J connectivity index is 1.39. The van der Waals surface area contributed by atoms with E-state index in [1.807, 2.05) is 30.3 Å². The molecule has 1 aliphatic heterocycles. The number of H-pyrrole nitrogens is 1. The lowest BCUT2D eigenvalue weighted by Crippen LogP contribution is -2.40. The molecule has 1 fully saturated rings. The van der Waals surface area contributed by atoms with Crippen molar-refractivity contribution in [3.05, 3.63) is 60.2 Å². The second-order valence-electron chi connectivity index (χ2n) is 6.65. The maximum Gasteiger partial charge on any atom is 0.231 e. The molecule has 0 unspecified atom stereocenters. The van der Waals surface area contributed by atoms with Gasteiger partial charge >= 0.3 is 0 Å². The molecule has 1 aromatic heterocycles. The molecule has 2 N–H and O–H groups in total. The van der Waals surface area contributed by atoms with Gasteiger partial charge in [0.25, 0.3) is 0 Å². The average molecular weight is 334 g/mol. The first kappa shape index (κ1) is 15.8. The number of benzene rings is 2. The van der Waals surface area contributed by atoms with Gasteiger partial charge in [-0.3, -0.25) is 15.0 Å². The van der Waals surface area contributed by atoms with Gasteiger partial charge in [0, 0.05) is 13.1 Å². The van der Waals surface area contributed by atoms with E-state index in [-0.39, 0.29) is 11.8 Å². The van der Waals surface area contributed by atoms with Crippen molar-refractivity contribution in [1.82, 2.24) is 14.9 Å². The Morgan fingerprint density at radius 1 is 1.16 bits per heavy atom. The summed E-state index contributed by atoms with van der Waals surface area (Å²) >= 11 is 0. The zero-order chi connectivity index (χ0) is 17.1. The minimum absolute atomic E-state index is 0.00525. The standard InChI is InChI=1S/C20H22N4O/c25-19(23-20-21-17-10-4-5-11-18(17)22-20)16-9-6-12-24(14-16)13-15-7-2-1-3-8-15/h1-5,7-8,10-11,16H,6,9,12-14H2,(H2,21,22,23,25)/t16-/m0/s1. The third-order valence-electron chi connectivity index (χ3n) is 4.76. The van der Waals surface area contributed by atoms with E-state index in [2.05, 4.69) is 44.5 Å². The number of hydrogen-bond donors (Lipinski definition) is 2. The Hall–Kier alpha value is -2.66. The van der Waals surface area contributed by atoms with Crippen LogP contribution in [-0.2, 0) is 11.3 Å². The predicted molar refractivity (Wildman–Crippen MR) is 99.2 cm³/mol. The topological polar surface area (TPSA) is 61.0 Å². The number of hydrogen-bond acceptors (Lipinski definition) is 3. The molecule has 1 atom stereocenters. The first-order valence-electron chi connectivity index (χ1n) is 8.80. The van der Waals surface area contributed by atoms with Crippen LogP contribution in [0.3, 0.4) is 0 Å². The van der Waals surface area contributed by atoms with E-state index < -0.39 is 0 Å². The fraction of sp³-hybridized carbons (Fsp3) is 0.300. The van der Waals surface area contributed by atoms with Gasteiger partial charge in [-0.15, -0.1) is 0 Å². The number of para-hydroxylation sites is 2. The molecule has 0 spiro atoms. The summed E-state index contributed by atoms with van der Waals surface area (Å²) in [5.41, 5.74) is 3.10. The second-order valence-corrected chi connectivity index (χ2v) is 6.65. The number of amides is 1. The summed E-state index contributed by atoms with van der Waals surface area (Å²) in [6.07, 6.45) is 1.97. The second kappa shape index (κ2) is 7.07. The number of imidazole rings is 1. The Bertz CT molecular complexity index is 825. The summed E-state index contributed by atoms with van der Waals surface area (Å²) in [4.78, 5) is 22.6. The predicted octanol–water partition coefficient (Wildman–Crippen LogP) is 3.41. The Morgan fingerprint density at radius 3 is 2.80 bits per heavy atom. The number of piperidine rings is 1. The SMILES string of the molecule is O=C(Nc1nc2ccccc2[nH]1)[C@H]1CCCN(Cc2ccccc2)C1. The molecule has 1 amide bonds. The molecule has 0 saturated carbocycles. The summed E-state index contributed by atoms with van der Waals surface area (Å²) < 4.78 is 0. The van der Waals surface area contributed by atoms with Crippen molar-refractivity contribution in [3.8, 4) is 0 Å². The first-order valence-corrected chi connectivity index (χ1v) is 8.80. The monoisotopic (exact) mass is 334 g/mol. The van der Waals surface area contributed by atoms with Crippen molar-refractivity contribution in [2.24, 2.45) is 5.92 Å². The van der Waals surface area contributed by atoms with Crippen molar-refractivity contribution in [2.45, 2.75) is 19.4 Å². The molecule has 3 aromatic rings. The van der Waals surface area contributed by atoms with Crippen molar-refractivity contribution in [2.75, 3.05) is 18.4 Å². The highest BCUT2D eigenvalue weighted by atomic mass is 16.2. The number of carbonyl (C=O) groups excluding carboxylic acids is 1. The van der Waals surface area contributed by atoms with Crippen LogP contribution in [0.2, 0.25) is 0 Å². The first-order chi connectivity index (χ1) is 12.3. The summed E-state index contributed by atoms with van der Waals surface area (Å²) in [6.45, 7) is 2.74. The van der Waals surface area contributed by atoms with Gasteiger partial charge in [0.1, 0.15) is 0 Å². The molecule has 2 heterocycles. The molecule has 1 aliphatic rings. The number of rotatable bonds is 4. The highest BCUT2D eigenvalue weighted by Crippen LogP contribution is 2.21. The Labute approximate surface area is 147 Å². The molecule has 0 bridgehead atoms. The van der Waals surface area contributed by atoms with Crippen LogP contribution in [0, 0.1) is 5.92 Å². The quantitative estimate of drug-likeness (QED) is 0.768. The summed E-state index contributed by atoms with van der Waals surface area (Å²) in [6, 6.07) is 18.2. The normalized spacial score (nSPS) is 18.3. The van der Waals surface area contributed by atoms with Crippen LogP contribution in [0.4, 0.5) is 5.95 Å². The van der Waals surface area contributed by atoms with E-state index in [1.165, 1.54) is 5.56 Å². The molecule has 1 saturated heterocycles. The van der Waals surface area contributed by atoms with Gasteiger partial charge in [-0.05, 0) is 37.1 Å². The molecule has 128 valence electrons. The number of aromatic nitrogens is 2. The summed E-state index contributed by atoms with van der Waals surface area (Å²) in [7, 11) is 0. The zero-order valence-electron chi connectivity index (χ0n) is 14.1. The molecule has 4 rings (SSSR count). The number of aromatic amines is 1. The van der Waals surface area contributed by atoms with Gasteiger partial charge in [0.05, 0.1) is 17.0 Å². The van der Waals surface area contributed by atoms with Crippen molar-refractivity contribution in [1.29, 1.82) is 0 Å². The number of likely N-dealkylation sites (tertiary alicyclic amines) is 1. The lowest BCUT2D eigenvalue weighted by Gasteiger charge is -2.31. The highest BCUT2D eigenvalue weighted by Gasteiger charge is 2.26. The van der Waals surface area contributed by atoms with Crippen LogP contribution in [0.5, 0.6) is 0 Å². The molecule has 5 heteroatoms. The minimum atomic E-state index is 0.00525. The van der Waals surface area contributed by atoms with Gasteiger partial charge in [0.15, 0.2) is 0 Å². The molecule has 25 heavy (non-hydrogen) atoms. The van der Waals surface area contributed by atoms with Gasteiger partial charge < -0.3 is 4.98 Å². The van der Waals surface area contributed by atoms with Crippen LogP contribution in [0.15, 0.2) is 54.6 Å². The molecule has 2 aromatic carbocycles. The van der Waals surface area contributed by atoms with Gasteiger partial charge in [-0.25, -0.2) is 4.98 Å². The molecule has 0 radical (unpaired) electrons. The van der Waals surface area contributed by atoms with Gasteiger partial charge in [-0.1, -0.05) is 42.5 Å². The highest BCUT2D eigenvalue weighted by molar-refractivity contribution is 5.92. The van der Waals surface area contributed by atoms with Crippen molar-refractivity contribution < 1.29 is 4.79 Å². The fourth-order valence-electron chi connectivity index (χ4n) is 3.49. The van der Waals surface area contributed by atoms with E-state index in [1.54, 1.807) is 0 Å². The van der Waals surface area contributed by atoms with Crippen LogP contribution in [0.25, 0.3) is 11.0 Å². The van der Waals surface area contributed by atoms with E-state index in [9.17, 15) is 4.79 Å². The van der Waals surface area contributed by atoms with Crippen LogP contribution < -0.4 is 5.32 Å². The number of carbonyl (C=O) groups is 1. The maximum absolute atomic E-state index is 12.6. The van der Waals surface area contributed by atoms with Gasteiger partial charge in [0.2, 0.25) is 11.9 Å². The van der Waals surface area contributed by atoms with Crippen LogP contribution >= 0.6 is 0 Å². The van der Waals surface area contributed by atoms with Crippen LogP contribution in [0.1, 0.15) is 18.4 Å². The Morgan fingerprint density at radius 2 is 1.96 bits per heavy atom. The van der Waals surface area contributed by atoms with E-state index in [0.29, 0.717) is 5.95 Å². The average Bonchev–Trinajstić information content (AvgIpc) is 3.05. The van der Waals surface area contributed by atoms with E-state index in [0.717, 1.165) is 43.5 Å². The zero-order valence-corrected chi connectivity index (χ0v) is 14.1. The minimum Gasteiger partial charge on any atom is -0.324 e. The molecule has 5 nitrogen and oxygen atoms in total. The maximum atomic E-state index is 12.6. The molecular formula is C20H22N4O. The smallest absolute Gasteiger partial charge is 0.231 e. The van der Waals surface area contributed by atoms with Gasteiger partial charge in [-0.2, -0.15) is 0 Å². The molecular weight excluding hydrogens is 312 g/mol. The third kappa shape index (κ3) is 3.72. The van der Waals surface area contributed by atoms with E-state index >= 15 is 0 Å². The lowest BCUT2D eigenvalue weighted by molar-refractivity contribution is -0.121. The Kier molecular flexibility index (Phi) is 4.48. The third-order valence-corrected chi connectivity index (χ3v) is 4.76. The number of nitrogens with one attached hydrogen (secondary N) is 2. The van der Waals surface area contributed by atoms with Crippen LogP contribution in [-0.4, -0.2) is 33.9 Å². The molecule has 0 aliphatic carbocycles. The summed E-state index contributed by atoms with van der Waals surface area (Å²) in [5.74, 6) is 0.592. The summed E-state index contributed by atoms with van der Waals surface area (Å²) in [5, 5.41) is 2.95. The van der Waals surface area contributed by atoms with E-state index in [4.69, 9.17) is 0 Å². The lowest BCUT2D eigenvalue weighted by atomic mass is 9.96. The largest absolute Gasteiger partial charge is 0.324 e. The number of anilines is 1. The van der Waals surface area contributed by atoms with Crippen molar-refractivity contribution in [3.63, 3.8) is 0 Å². The fourth-order valence-corrected chi connectivity index (χ4v) is 3.49.